The van der Waals surface area contributed by atoms with Crippen molar-refractivity contribution in [2.24, 2.45) is 0 Å². The van der Waals surface area contributed by atoms with Crippen LogP contribution < -0.4 is 4.74 Å². The van der Waals surface area contributed by atoms with Crippen molar-refractivity contribution in [1.82, 2.24) is 4.90 Å². The number of benzene rings is 1. The molecule has 1 amide bonds. The van der Waals surface area contributed by atoms with Gasteiger partial charge in [-0.2, -0.15) is 0 Å². The lowest BCUT2D eigenvalue weighted by Gasteiger charge is -2.31. The maximum absolute atomic E-state index is 12.3. The number of nitro benzene ring substituents is 1. The third-order valence-corrected chi connectivity index (χ3v) is 5.40. The maximum Gasteiger partial charge on any atom is 0.321 e. The molecular formula is C21H30N2O5. The molecule has 1 aliphatic carbocycles. The second-order valence-electron chi connectivity index (χ2n) is 7.38. The maximum atomic E-state index is 12.3. The van der Waals surface area contributed by atoms with Gasteiger partial charge in [0.1, 0.15) is 0 Å². The predicted octanol–water partition coefficient (Wildman–Crippen LogP) is 4.53. The molecule has 28 heavy (non-hydrogen) atoms. The molecule has 0 bridgehead atoms. The molecule has 0 heterocycles. The van der Waals surface area contributed by atoms with E-state index in [1.807, 2.05) is 11.9 Å². The molecule has 1 aromatic rings. The highest BCUT2D eigenvalue weighted by Crippen LogP contribution is 2.30. The molecule has 0 atom stereocenters. The van der Waals surface area contributed by atoms with Crippen LogP contribution in [0.15, 0.2) is 18.2 Å². The van der Waals surface area contributed by atoms with E-state index in [-0.39, 0.29) is 22.9 Å². The number of amides is 1. The average Bonchev–Trinajstić information content (AvgIpc) is 2.72. The molecule has 7 nitrogen and oxygen atoms in total. The summed E-state index contributed by atoms with van der Waals surface area (Å²) >= 11 is 0. The molecule has 154 valence electrons. The summed E-state index contributed by atoms with van der Waals surface area (Å²) in [5, 5.41) is 11.1. The third kappa shape index (κ3) is 6.32. The molecule has 1 saturated carbocycles. The zero-order valence-corrected chi connectivity index (χ0v) is 16.6. The summed E-state index contributed by atoms with van der Waals surface area (Å²) < 4.78 is 5.51. The van der Waals surface area contributed by atoms with E-state index < -0.39 is 4.92 Å². The number of nitro groups is 1. The van der Waals surface area contributed by atoms with Crippen molar-refractivity contribution in [3.05, 3.63) is 33.9 Å². The van der Waals surface area contributed by atoms with Crippen LogP contribution in [-0.2, 0) is 4.79 Å². The van der Waals surface area contributed by atoms with E-state index in [1.54, 1.807) is 6.07 Å². The van der Waals surface area contributed by atoms with Crippen LogP contribution in [0.5, 0.6) is 5.75 Å². The Hall–Kier alpha value is -2.44. The number of hydrogen-bond donors (Lipinski definition) is 0. The molecule has 7 heteroatoms. The molecule has 0 unspecified atom stereocenters. The van der Waals surface area contributed by atoms with E-state index in [9.17, 15) is 19.7 Å². The van der Waals surface area contributed by atoms with E-state index in [1.165, 1.54) is 31.4 Å². The van der Waals surface area contributed by atoms with Gasteiger partial charge < -0.3 is 9.64 Å². The first-order valence-electron chi connectivity index (χ1n) is 10.2. The van der Waals surface area contributed by atoms with Crippen molar-refractivity contribution in [1.29, 1.82) is 0 Å². The minimum atomic E-state index is -0.590. The quantitative estimate of drug-likeness (QED) is 0.240. The van der Waals surface area contributed by atoms with Crippen LogP contribution in [0.25, 0.3) is 0 Å². The van der Waals surface area contributed by atoms with Gasteiger partial charge in [0.05, 0.1) is 17.1 Å². The summed E-state index contributed by atoms with van der Waals surface area (Å²) in [6, 6.07) is 4.89. The Labute approximate surface area is 166 Å². The van der Waals surface area contributed by atoms with Crippen molar-refractivity contribution >= 4 is 17.9 Å². The van der Waals surface area contributed by atoms with Crippen LogP contribution in [0.1, 0.15) is 74.6 Å². The number of nitrogens with zero attached hydrogens (tertiary/aromatic N) is 2. The smallest absolute Gasteiger partial charge is 0.321 e. The minimum absolute atomic E-state index is 0.0168. The Balaban J connectivity index is 1.64. The summed E-state index contributed by atoms with van der Waals surface area (Å²) in [5.74, 6) is 0.350. The second-order valence-corrected chi connectivity index (χ2v) is 7.38. The lowest BCUT2D eigenvalue weighted by atomic mass is 9.94. The van der Waals surface area contributed by atoms with Crippen LogP contribution in [0.3, 0.4) is 0 Å². The number of carbonyl (C=O) groups excluding carboxylic acids is 2. The van der Waals surface area contributed by atoms with Gasteiger partial charge in [-0.05, 0) is 37.8 Å². The fraction of sp³-hybridized carbons (Fsp3) is 0.619. The number of hydrogen-bond acceptors (Lipinski definition) is 5. The van der Waals surface area contributed by atoms with Crippen molar-refractivity contribution in [3.63, 3.8) is 0 Å². The van der Waals surface area contributed by atoms with Crippen LogP contribution in [-0.4, -0.2) is 41.7 Å². The number of para-hydroxylation sites is 1. The van der Waals surface area contributed by atoms with Gasteiger partial charge in [0, 0.05) is 19.5 Å². The van der Waals surface area contributed by atoms with E-state index in [0.717, 1.165) is 38.5 Å². The average molecular weight is 390 g/mol. The van der Waals surface area contributed by atoms with E-state index in [4.69, 9.17) is 4.74 Å². The Morgan fingerprint density at radius 3 is 2.61 bits per heavy atom. The molecule has 0 spiro atoms. The number of aldehydes is 1. The number of rotatable bonds is 11. The summed E-state index contributed by atoms with van der Waals surface area (Å²) in [5.41, 5.74) is -0.267. The Morgan fingerprint density at radius 2 is 1.93 bits per heavy atom. The summed E-state index contributed by atoms with van der Waals surface area (Å²) in [6.45, 7) is 0.346. The predicted molar refractivity (Wildman–Crippen MR) is 107 cm³/mol. The Morgan fingerprint density at radius 1 is 1.21 bits per heavy atom. The zero-order valence-electron chi connectivity index (χ0n) is 16.6. The fourth-order valence-corrected chi connectivity index (χ4v) is 3.71. The first kappa shape index (κ1) is 21.9. The molecule has 0 aliphatic heterocycles. The van der Waals surface area contributed by atoms with Crippen molar-refractivity contribution in [3.8, 4) is 5.75 Å². The van der Waals surface area contributed by atoms with Crippen LogP contribution in [0.4, 0.5) is 5.69 Å². The SMILES string of the molecule is CN(C(=O)CCCCCCOc1cccc(C=O)c1[N+](=O)[O-])C1CCCCC1. The molecule has 1 aliphatic rings. The molecule has 1 fully saturated rings. The lowest BCUT2D eigenvalue weighted by Crippen LogP contribution is -2.38. The molecular weight excluding hydrogens is 360 g/mol. The van der Waals surface area contributed by atoms with Gasteiger partial charge in [-0.15, -0.1) is 0 Å². The molecule has 0 N–H and O–H groups in total. The van der Waals surface area contributed by atoms with Gasteiger partial charge in [0.2, 0.25) is 5.91 Å². The number of unbranched alkanes of at least 4 members (excludes halogenated alkanes) is 3. The van der Waals surface area contributed by atoms with Gasteiger partial charge in [-0.25, -0.2) is 0 Å². The topological polar surface area (TPSA) is 89.8 Å². The minimum Gasteiger partial charge on any atom is -0.487 e. The first-order chi connectivity index (χ1) is 13.5. The molecule has 1 aromatic carbocycles. The van der Waals surface area contributed by atoms with Crippen LogP contribution >= 0.6 is 0 Å². The zero-order chi connectivity index (χ0) is 20.4. The lowest BCUT2D eigenvalue weighted by molar-refractivity contribution is -0.386. The molecule has 0 radical (unpaired) electrons. The van der Waals surface area contributed by atoms with Gasteiger partial charge in [-0.1, -0.05) is 38.2 Å². The second kappa shape index (κ2) is 11.4. The highest BCUT2D eigenvalue weighted by atomic mass is 16.6. The largest absolute Gasteiger partial charge is 0.487 e. The molecule has 0 saturated heterocycles. The van der Waals surface area contributed by atoms with Crippen molar-refractivity contribution < 1.29 is 19.2 Å². The van der Waals surface area contributed by atoms with Gasteiger partial charge >= 0.3 is 5.69 Å². The standard InChI is InChI=1S/C21H30N2O5/c1-22(18-11-5-4-6-12-18)20(25)14-7-2-3-8-15-28-19-13-9-10-17(16-24)21(19)23(26)27/h9-10,13,16,18H,2-8,11-12,14-15H2,1H3. The van der Waals surface area contributed by atoms with Crippen LogP contribution in [0, 0.1) is 10.1 Å². The van der Waals surface area contributed by atoms with Crippen molar-refractivity contribution in [2.75, 3.05) is 13.7 Å². The van der Waals surface area contributed by atoms with Gasteiger partial charge in [-0.3, -0.25) is 19.7 Å². The van der Waals surface area contributed by atoms with Gasteiger partial charge in [0.25, 0.3) is 0 Å². The number of carbonyl (C=O) groups is 2. The normalized spacial score (nSPS) is 14.5. The highest BCUT2D eigenvalue weighted by Gasteiger charge is 2.22. The van der Waals surface area contributed by atoms with E-state index >= 15 is 0 Å². The van der Waals surface area contributed by atoms with Crippen LogP contribution in [0.2, 0.25) is 0 Å². The number of ether oxygens (including phenoxy) is 1. The Bertz CT molecular complexity index is 671. The summed E-state index contributed by atoms with van der Waals surface area (Å²) in [7, 11) is 1.92. The van der Waals surface area contributed by atoms with Crippen molar-refractivity contribution in [2.45, 2.75) is 70.3 Å². The monoisotopic (exact) mass is 390 g/mol. The first-order valence-corrected chi connectivity index (χ1v) is 10.2. The van der Waals surface area contributed by atoms with Gasteiger partial charge in [0.15, 0.2) is 12.0 Å². The fourth-order valence-electron chi connectivity index (χ4n) is 3.71. The third-order valence-electron chi connectivity index (χ3n) is 5.40. The summed E-state index contributed by atoms with van der Waals surface area (Å²) in [4.78, 5) is 35.7. The van der Waals surface area contributed by atoms with E-state index in [2.05, 4.69) is 0 Å². The Kier molecular flexibility index (Phi) is 8.91. The molecule has 2 rings (SSSR count). The summed E-state index contributed by atoms with van der Waals surface area (Å²) in [6.07, 6.45) is 10.4. The molecule has 0 aromatic heterocycles. The highest BCUT2D eigenvalue weighted by molar-refractivity contribution is 5.83. The van der Waals surface area contributed by atoms with E-state index in [0.29, 0.717) is 25.4 Å².